The van der Waals surface area contributed by atoms with Crippen LogP contribution in [0.25, 0.3) is 0 Å². The summed E-state index contributed by atoms with van der Waals surface area (Å²) in [6.07, 6.45) is 7.07. The maximum Gasteiger partial charge on any atom is 0.347 e. The van der Waals surface area contributed by atoms with Gasteiger partial charge in [0.05, 0.1) is 6.61 Å². The summed E-state index contributed by atoms with van der Waals surface area (Å²) in [5, 5.41) is 0. The molecule has 1 heterocycles. The van der Waals surface area contributed by atoms with Gasteiger partial charge in [-0.05, 0) is 6.42 Å². The minimum atomic E-state index is -0.650. The first-order valence-electron chi connectivity index (χ1n) is 6.60. The summed E-state index contributed by atoms with van der Waals surface area (Å²) in [5.41, 5.74) is 0. The Morgan fingerprint density at radius 1 is 1.29 bits per heavy atom. The van der Waals surface area contributed by atoms with Gasteiger partial charge in [0.15, 0.2) is 0 Å². The lowest BCUT2D eigenvalue weighted by Crippen LogP contribution is -2.22. The Balaban J connectivity index is 1.99. The number of rotatable bonds is 8. The zero-order valence-electron chi connectivity index (χ0n) is 10.6. The van der Waals surface area contributed by atoms with Crippen molar-refractivity contribution in [3.8, 4) is 0 Å². The van der Waals surface area contributed by atoms with Crippen molar-refractivity contribution in [3.63, 3.8) is 0 Å². The van der Waals surface area contributed by atoms with E-state index in [1.54, 1.807) is 0 Å². The highest BCUT2D eigenvalue weighted by Crippen LogP contribution is 2.13. The quantitative estimate of drug-likeness (QED) is 0.485. The van der Waals surface area contributed by atoms with Gasteiger partial charge >= 0.3 is 11.9 Å². The summed E-state index contributed by atoms with van der Waals surface area (Å²) in [6.45, 7) is 2.55. The third kappa shape index (κ3) is 5.71. The van der Waals surface area contributed by atoms with Crippen LogP contribution in [0.2, 0.25) is 0 Å². The molecule has 1 aliphatic rings. The Morgan fingerprint density at radius 3 is 2.65 bits per heavy atom. The molecule has 0 spiro atoms. The maximum absolute atomic E-state index is 11.4. The molecule has 0 aliphatic carbocycles. The first kappa shape index (κ1) is 14.0. The van der Waals surface area contributed by atoms with E-state index in [2.05, 4.69) is 6.92 Å². The SMILES string of the molecule is CCCCCCCCC(=O)O[C@H]1CCOC1=O. The van der Waals surface area contributed by atoms with Crippen molar-refractivity contribution in [2.24, 2.45) is 0 Å². The van der Waals surface area contributed by atoms with Crippen LogP contribution in [0, 0.1) is 0 Å². The number of cyclic esters (lactones) is 1. The van der Waals surface area contributed by atoms with E-state index in [9.17, 15) is 9.59 Å². The number of unbranched alkanes of at least 4 members (excludes halogenated alkanes) is 5. The van der Waals surface area contributed by atoms with Gasteiger partial charge in [0, 0.05) is 12.8 Å². The molecule has 4 heteroatoms. The summed E-state index contributed by atoms with van der Waals surface area (Å²) in [4.78, 5) is 22.5. The fourth-order valence-corrected chi connectivity index (χ4v) is 1.85. The molecule has 98 valence electrons. The molecule has 1 fully saturated rings. The van der Waals surface area contributed by atoms with E-state index >= 15 is 0 Å². The standard InChI is InChI=1S/C13H22O4/c1-2-3-4-5-6-7-8-12(14)17-11-9-10-16-13(11)15/h11H,2-10H2,1H3/t11-/m0/s1. The van der Waals surface area contributed by atoms with Gasteiger partial charge in [-0.25, -0.2) is 4.79 Å². The number of carbonyl (C=O) groups is 2. The van der Waals surface area contributed by atoms with Gasteiger partial charge in [-0.1, -0.05) is 39.0 Å². The summed E-state index contributed by atoms with van der Waals surface area (Å²) in [6, 6.07) is 0. The molecule has 1 aliphatic heterocycles. The number of hydrogen-bond acceptors (Lipinski definition) is 4. The summed E-state index contributed by atoms with van der Waals surface area (Å²) >= 11 is 0. The third-order valence-electron chi connectivity index (χ3n) is 2.90. The molecule has 1 saturated heterocycles. The monoisotopic (exact) mass is 242 g/mol. The van der Waals surface area contributed by atoms with Crippen LogP contribution in [0.3, 0.4) is 0 Å². The molecule has 0 aromatic carbocycles. The molecule has 17 heavy (non-hydrogen) atoms. The van der Waals surface area contributed by atoms with Crippen LogP contribution in [0.5, 0.6) is 0 Å². The normalized spacial score (nSPS) is 19.1. The molecule has 0 saturated carbocycles. The van der Waals surface area contributed by atoms with Crippen molar-refractivity contribution >= 4 is 11.9 Å². The van der Waals surface area contributed by atoms with Crippen molar-refractivity contribution in [1.82, 2.24) is 0 Å². The van der Waals surface area contributed by atoms with E-state index in [1.165, 1.54) is 25.7 Å². The summed E-state index contributed by atoms with van der Waals surface area (Å²) in [7, 11) is 0. The number of esters is 2. The molecule has 0 radical (unpaired) electrons. The van der Waals surface area contributed by atoms with Gasteiger partial charge in [0.1, 0.15) is 0 Å². The van der Waals surface area contributed by atoms with E-state index in [4.69, 9.17) is 9.47 Å². The summed E-state index contributed by atoms with van der Waals surface area (Å²) in [5.74, 6) is -0.675. The lowest BCUT2D eigenvalue weighted by atomic mass is 10.1. The van der Waals surface area contributed by atoms with Crippen LogP contribution in [0.4, 0.5) is 0 Å². The molecule has 0 unspecified atom stereocenters. The maximum atomic E-state index is 11.4. The van der Waals surface area contributed by atoms with Crippen LogP contribution in [-0.4, -0.2) is 24.6 Å². The van der Waals surface area contributed by atoms with Crippen LogP contribution in [0.15, 0.2) is 0 Å². The minimum Gasteiger partial charge on any atom is -0.463 e. The lowest BCUT2D eigenvalue weighted by molar-refractivity contribution is -0.160. The fourth-order valence-electron chi connectivity index (χ4n) is 1.85. The van der Waals surface area contributed by atoms with Gasteiger partial charge in [-0.3, -0.25) is 4.79 Å². The molecular weight excluding hydrogens is 220 g/mol. The third-order valence-corrected chi connectivity index (χ3v) is 2.90. The zero-order chi connectivity index (χ0) is 12.5. The second-order valence-corrected chi connectivity index (χ2v) is 4.45. The first-order valence-corrected chi connectivity index (χ1v) is 6.60. The molecule has 1 rings (SSSR count). The van der Waals surface area contributed by atoms with Crippen molar-refractivity contribution in [1.29, 1.82) is 0 Å². The van der Waals surface area contributed by atoms with Crippen molar-refractivity contribution in [2.75, 3.05) is 6.61 Å². The average Bonchev–Trinajstić information content (AvgIpc) is 2.69. The zero-order valence-corrected chi connectivity index (χ0v) is 10.6. The molecule has 1 atom stereocenters. The van der Waals surface area contributed by atoms with E-state index in [0.717, 1.165) is 12.8 Å². The highest BCUT2D eigenvalue weighted by Gasteiger charge is 2.29. The predicted octanol–water partition coefficient (Wildman–Crippen LogP) is 2.60. The molecule has 0 amide bonds. The molecule has 0 aromatic rings. The van der Waals surface area contributed by atoms with Crippen LogP contribution < -0.4 is 0 Å². The second-order valence-electron chi connectivity index (χ2n) is 4.45. The topological polar surface area (TPSA) is 52.6 Å². The number of carbonyl (C=O) groups excluding carboxylic acids is 2. The van der Waals surface area contributed by atoms with E-state index in [1.807, 2.05) is 0 Å². The number of ether oxygens (including phenoxy) is 2. The minimum absolute atomic E-state index is 0.274. The van der Waals surface area contributed by atoms with Gasteiger partial charge < -0.3 is 9.47 Å². The highest BCUT2D eigenvalue weighted by molar-refractivity contribution is 5.80. The van der Waals surface area contributed by atoms with Gasteiger partial charge in [-0.15, -0.1) is 0 Å². The Hall–Kier alpha value is -1.06. The van der Waals surface area contributed by atoms with Gasteiger partial charge in [0.2, 0.25) is 6.10 Å². The largest absolute Gasteiger partial charge is 0.463 e. The van der Waals surface area contributed by atoms with Crippen molar-refractivity contribution in [3.05, 3.63) is 0 Å². The first-order chi connectivity index (χ1) is 8.24. The van der Waals surface area contributed by atoms with Gasteiger partial charge in [-0.2, -0.15) is 0 Å². The lowest BCUT2D eigenvalue weighted by Gasteiger charge is -2.07. The fraction of sp³-hybridized carbons (Fsp3) is 0.846. The Kier molecular flexibility index (Phi) is 6.67. The van der Waals surface area contributed by atoms with Crippen molar-refractivity contribution in [2.45, 2.75) is 64.4 Å². The Morgan fingerprint density at radius 2 is 2.00 bits per heavy atom. The van der Waals surface area contributed by atoms with Crippen LogP contribution in [-0.2, 0) is 19.1 Å². The highest BCUT2D eigenvalue weighted by atomic mass is 16.6. The second kappa shape index (κ2) is 8.09. The molecular formula is C13H22O4. The Labute approximate surface area is 103 Å². The number of hydrogen-bond donors (Lipinski definition) is 0. The predicted molar refractivity (Wildman–Crippen MR) is 63.4 cm³/mol. The van der Waals surface area contributed by atoms with Crippen LogP contribution in [0.1, 0.15) is 58.3 Å². The molecule has 4 nitrogen and oxygen atoms in total. The van der Waals surface area contributed by atoms with E-state index < -0.39 is 12.1 Å². The van der Waals surface area contributed by atoms with Crippen molar-refractivity contribution < 1.29 is 19.1 Å². The van der Waals surface area contributed by atoms with Crippen LogP contribution >= 0.6 is 0 Å². The van der Waals surface area contributed by atoms with E-state index in [0.29, 0.717) is 19.4 Å². The van der Waals surface area contributed by atoms with E-state index in [-0.39, 0.29) is 5.97 Å². The molecule has 0 aromatic heterocycles. The summed E-state index contributed by atoms with van der Waals surface area (Å²) < 4.78 is 9.76. The molecule has 0 N–H and O–H groups in total. The Bertz CT molecular complexity index is 250. The average molecular weight is 242 g/mol. The molecule has 0 bridgehead atoms. The van der Waals surface area contributed by atoms with Gasteiger partial charge in [0.25, 0.3) is 0 Å². The smallest absolute Gasteiger partial charge is 0.347 e.